The zero-order chi connectivity index (χ0) is 36.6. The molecule has 4 rings (SSSR count). The molecule has 1 aliphatic rings. The van der Waals surface area contributed by atoms with Crippen LogP contribution >= 0.6 is 0 Å². The topological polar surface area (TPSA) is 152 Å². The van der Waals surface area contributed by atoms with Crippen molar-refractivity contribution in [2.75, 3.05) is 45.2 Å². The number of fused-ring (bicyclic) bond motifs is 1. The molecule has 0 unspecified atom stereocenters. The van der Waals surface area contributed by atoms with E-state index in [1.807, 2.05) is 13.8 Å². The minimum atomic E-state index is -4.04. The number of likely N-dealkylation sites (N-methyl/N-ethyl adjacent to an activating group) is 1. The molecular weight excluding hydrogens is 690 g/mol. The first-order valence-electron chi connectivity index (χ1n) is 16.4. The number of rotatable bonds is 10. The Hall–Kier alpha value is -3.76. The summed E-state index contributed by atoms with van der Waals surface area (Å²) in [4.78, 5) is 15.8. The quantitative estimate of drug-likeness (QED) is 0.301. The molecule has 0 fully saturated rings. The zero-order valence-electron chi connectivity index (χ0n) is 28.9. The molecule has 0 aliphatic carbocycles. The molecule has 3 aromatic rings. The van der Waals surface area contributed by atoms with Crippen LogP contribution in [-0.4, -0.2) is 95.8 Å². The van der Waals surface area contributed by atoms with Crippen LogP contribution in [0.5, 0.6) is 11.5 Å². The molecule has 50 heavy (non-hydrogen) atoms. The number of anilines is 1. The van der Waals surface area contributed by atoms with E-state index >= 15 is 0 Å². The number of aliphatic hydroxyl groups excluding tert-OH is 1. The number of ether oxygens (including phenoxy) is 3. The molecule has 15 heteroatoms. The van der Waals surface area contributed by atoms with E-state index in [-0.39, 0.29) is 52.6 Å². The SMILES string of the molecule is COc1ccc(S(=O)(=O)Nc2ccc3c(c2)C(=O)N([C@H](C)CO)C[C@H](C)[C@H](CN(C)S(=O)(=O)c2ccc(F)cc2)OCCCC[C@H](C)O3)cc1. The van der Waals surface area contributed by atoms with Gasteiger partial charge in [-0.3, -0.25) is 9.52 Å². The maximum Gasteiger partial charge on any atom is 0.261 e. The molecule has 3 aromatic carbocycles. The van der Waals surface area contributed by atoms with Crippen LogP contribution in [0.1, 0.15) is 50.4 Å². The van der Waals surface area contributed by atoms with Crippen molar-refractivity contribution in [3.8, 4) is 11.5 Å². The van der Waals surface area contributed by atoms with Gasteiger partial charge in [-0.25, -0.2) is 21.2 Å². The zero-order valence-corrected chi connectivity index (χ0v) is 30.5. The van der Waals surface area contributed by atoms with Crippen LogP contribution in [-0.2, 0) is 24.8 Å². The summed E-state index contributed by atoms with van der Waals surface area (Å²) in [5.41, 5.74) is 0.216. The maximum atomic E-state index is 14.4. The van der Waals surface area contributed by atoms with E-state index in [0.29, 0.717) is 25.2 Å². The van der Waals surface area contributed by atoms with Gasteiger partial charge in [0.15, 0.2) is 0 Å². The monoisotopic (exact) mass is 735 g/mol. The minimum absolute atomic E-state index is 0.00334. The second kappa shape index (κ2) is 17.0. The molecule has 0 saturated carbocycles. The third-order valence-corrected chi connectivity index (χ3v) is 11.9. The molecular formula is C35H46FN3O9S2. The molecule has 2 N–H and O–H groups in total. The lowest BCUT2D eigenvalue weighted by Crippen LogP contribution is -2.48. The van der Waals surface area contributed by atoms with Gasteiger partial charge in [0.25, 0.3) is 15.9 Å². The number of methoxy groups -OCH3 is 1. The molecule has 0 bridgehead atoms. The lowest BCUT2D eigenvalue weighted by Gasteiger charge is -2.35. The van der Waals surface area contributed by atoms with Gasteiger partial charge >= 0.3 is 0 Å². The fourth-order valence-electron chi connectivity index (χ4n) is 5.56. The highest BCUT2D eigenvalue weighted by atomic mass is 32.2. The van der Waals surface area contributed by atoms with Crippen molar-refractivity contribution in [1.82, 2.24) is 9.21 Å². The van der Waals surface area contributed by atoms with E-state index in [4.69, 9.17) is 14.2 Å². The Balaban J connectivity index is 1.67. The summed E-state index contributed by atoms with van der Waals surface area (Å²) in [7, 11) is -5.13. The molecule has 274 valence electrons. The van der Waals surface area contributed by atoms with Gasteiger partial charge in [-0.15, -0.1) is 0 Å². The fourth-order valence-corrected chi connectivity index (χ4v) is 7.79. The van der Waals surface area contributed by atoms with Crippen molar-refractivity contribution in [3.63, 3.8) is 0 Å². The number of nitrogens with one attached hydrogen (secondary N) is 1. The maximum absolute atomic E-state index is 14.4. The van der Waals surface area contributed by atoms with E-state index in [2.05, 4.69) is 4.72 Å². The van der Waals surface area contributed by atoms with Crippen molar-refractivity contribution in [2.45, 2.75) is 68.1 Å². The van der Waals surface area contributed by atoms with E-state index in [9.17, 15) is 31.1 Å². The van der Waals surface area contributed by atoms with Crippen LogP contribution in [0.2, 0.25) is 0 Å². The first-order chi connectivity index (χ1) is 23.7. The van der Waals surface area contributed by atoms with Crippen LogP contribution in [0.15, 0.2) is 76.5 Å². The average Bonchev–Trinajstić information content (AvgIpc) is 3.09. The number of carbonyl (C=O) groups excluding carboxylic acids is 1. The minimum Gasteiger partial charge on any atom is -0.497 e. The van der Waals surface area contributed by atoms with Gasteiger partial charge in [-0.05, 0) is 99.8 Å². The number of nitrogens with zero attached hydrogens (tertiary/aromatic N) is 2. The standard InChI is InChI=1S/C35H46FN3O9S2/c1-24-21-39(25(2)23-40)35(41)32-20-28(37-49(42,43)30-16-12-29(46-5)13-17-30)11-18-33(32)48-26(3)8-6-7-19-47-34(24)22-38(4)50(44,45)31-14-9-27(36)10-15-31/h9-18,20,24-26,34,37,40H,6-8,19,21-23H2,1-5H3/t24-,25+,26-,34-/m0/s1. The number of hydrogen-bond donors (Lipinski definition) is 2. The molecule has 0 radical (unpaired) electrons. The van der Waals surface area contributed by atoms with Crippen LogP contribution in [0, 0.1) is 11.7 Å². The van der Waals surface area contributed by atoms with Gasteiger partial charge in [0.05, 0.1) is 47.3 Å². The fraction of sp³-hybridized carbons (Fsp3) is 0.457. The van der Waals surface area contributed by atoms with Crippen LogP contribution in [0.3, 0.4) is 0 Å². The van der Waals surface area contributed by atoms with Gasteiger partial charge in [-0.2, -0.15) is 4.31 Å². The second-order valence-electron chi connectivity index (χ2n) is 12.5. The number of sulfonamides is 2. The van der Waals surface area contributed by atoms with Crippen LogP contribution in [0.4, 0.5) is 10.1 Å². The Morgan fingerprint density at radius 2 is 1.68 bits per heavy atom. The highest BCUT2D eigenvalue weighted by Gasteiger charge is 2.32. The average molecular weight is 736 g/mol. The van der Waals surface area contributed by atoms with E-state index in [0.717, 1.165) is 22.9 Å². The number of halogens is 1. The summed E-state index contributed by atoms with van der Waals surface area (Å²) in [5, 5.41) is 10.2. The number of benzene rings is 3. The van der Waals surface area contributed by atoms with Crippen molar-refractivity contribution in [3.05, 3.63) is 78.1 Å². The summed E-state index contributed by atoms with van der Waals surface area (Å²) in [5.74, 6) is -0.752. The van der Waals surface area contributed by atoms with Crippen LogP contribution < -0.4 is 14.2 Å². The van der Waals surface area contributed by atoms with Crippen molar-refractivity contribution in [2.24, 2.45) is 5.92 Å². The van der Waals surface area contributed by atoms with E-state index < -0.39 is 49.8 Å². The van der Waals surface area contributed by atoms with Crippen molar-refractivity contribution >= 4 is 31.6 Å². The number of amides is 1. The Labute approximate surface area is 294 Å². The number of carbonyl (C=O) groups is 1. The van der Waals surface area contributed by atoms with Gasteiger partial charge in [0, 0.05) is 38.3 Å². The first-order valence-corrected chi connectivity index (χ1v) is 19.3. The first kappa shape index (κ1) is 39.0. The van der Waals surface area contributed by atoms with Gasteiger partial charge in [0.1, 0.15) is 17.3 Å². The Kier molecular flexibility index (Phi) is 13.2. The van der Waals surface area contributed by atoms with E-state index in [1.54, 1.807) is 13.0 Å². The Bertz CT molecular complexity index is 1810. The van der Waals surface area contributed by atoms with Crippen molar-refractivity contribution < 1.29 is 45.3 Å². The number of aliphatic hydroxyl groups is 1. The molecule has 0 aromatic heterocycles. The summed E-state index contributed by atoms with van der Waals surface area (Å²) in [6, 6.07) is 14.2. The lowest BCUT2D eigenvalue weighted by atomic mass is 10.0. The molecule has 1 aliphatic heterocycles. The van der Waals surface area contributed by atoms with Gasteiger partial charge in [-0.1, -0.05) is 6.92 Å². The highest BCUT2D eigenvalue weighted by Crippen LogP contribution is 2.30. The summed E-state index contributed by atoms with van der Waals surface area (Å²) >= 11 is 0. The predicted molar refractivity (Wildman–Crippen MR) is 187 cm³/mol. The molecule has 0 spiro atoms. The van der Waals surface area contributed by atoms with Crippen molar-refractivity contribution in [1.29, 1.82) is 0 Å². The number of hydrogen-bond acceptors (Lipinski definition) is 9. The van der Waals surface area contributed by atoms with Gasteiger partial charge in [0.2, 0.25) is 10.0 Å². The second-order valence-corrected chi connectivity index (χ2v) is 16.3. The van der Waals surface area contributed by atoms with Crippen LogP contribution in [0.25, 0.3) is 0 Å². The third-order valence-electron chi connectivity index (χ3n) is 8.63. The van der Waals surface area contributed by atoms with Gasteiger partial charge < -0.3 is 24.2 Å². The van der Waals surface area contributed by atoms with E-state index in [1.165, 1.54) is 67.6 Å². The molecule has 1 amide bonds. The molecule has 1 heterocycles. The highest BCUT2D eigenvalue weighted by molar-refractivity contribution is 7.92. The normalized spacial score (nSPS) is 20.4. The smallest absolute Gasteiger partial charge is 0.261 e. The Morgan fingerprint density at radius 1 is 1.02 bits per heavy atom. The Morgan fingerprint density at radius 3 is 2.32 bits per heavy atom. The summed E-state index contributed by atoms with van der Waals surface area (Å²) in [6.07, 6.45) is 1.05. The lowest BCUT2D eigenvalue weighted by molar-refractivity contribution is -0.00834. The molecule has 12 nitrogen and oxygen atoms in total. The molecule has 0 saturated heterocycles. The molecule has 4 atom stereocenters. The summed E-state index contributed by atoms with van der Waals surface area (Å²) < 4.78 is 88.0. The summed E-state index contributed by atoms with van der Waals surface area (Å²) in [6.45, 7) is 5.35. The largest absolute Gasteiger partial charge is 0.497 e. The third kappa shape index (κ3) is 9.72. The predicted octanol–water partition coefficient (Wildman–Crippen LogP) is 4.75.